The number of hydrogen-bond acceptors (Lipinski definition) is 5. The summed E-state index contributed by atoms with van der Waals surface area (Å²) in [5, 5.41) is 8.18. The number of hydrogen-bond donors (Lipinski definition) is 1. The van der Waals surface area contributed by atoms with E-state index in [2.05, 4.69) is 28.7 Å². The molecule has 3 heterocycles. The number of pyridine rings is 1. The normalized spacial score (nSPS) is 17.8. The zero-order chi connectivity index (χ0) is 25.2. The standard InChI is InChI=1S/C24H31NO3.C5H4O3/c26-24-18-19(17-23-7-4-15-27-23)12-13-25(24)14-16-28-22-10-8-21(9-11-22)20-5-2-1-3-6-20;6-5(7)4-2-1-3-8-4/h8-13,18,20,23H,1-7,14-17H2;1-3H,(H,6,7). The number of carbonyl (C=O) groups is 1. The van der Waals surface area contributed by atoms with Crippen LogP contribution in [0, 0.1) is 0 Å². The van der Waals surface area contributed by atoms with E-state index in [1.54, 1.807) is 10.6 Å². The molecule has 1 atom stereocenters. The Kier molecular flexibility index (Phi) is 9.39. The third kappa shape index (κ3) is 7.59. The first-order valence-corrected chi connectivity index (χ1v) is 12.9. The molecule has 0 bridgehead atoms. The lowest BCUT2D eigenvalue weighted by atomic mass is 9.84. The molecule has 2 aliphatic rings. The molecule has 2 aromatic heterocycles. The Balaban J connectivity index is 0.000000325. The molecule has 1 unspecified atom stereocenters. The highest BCUT2D eigenvalue weighted by molar-refractivity contribution is 5.84. The Morgan fingerprint density at radius 2 is 1.83 bits per heavy atom. The van der Waals surface area contributed by atoms with Crippen LogP contribution in [-0.2, 0) is 17.7 Å². The predicted molar refractivity (Wildman–Crippen MR) is 137 cm³/mol. The molecule has 192 valence electrons. The summed E-state index contributed by atoms with van der Waals surface area (Å²) in [4.78, 5) is 22.3. The van der Waals surface area contributed by atoms with Crippen LogP contribution in [0.25, 0.3) is 0 Å². The largest absolute Gasteiger partial charge is 0.492 e. The minimum atomic E-state index is -1.03. The van der Waals surface area contributed by atoms with Crippen LogP contribution in [0.15, 0.2) is 70.2 Å². The highest BCUT2D eigenvalue weighted by atomic mass is 16.5. The zero-order valence-corrected chi connectivity index (χ0v) is 20.6. The van der Waals surface area contributed by atoms with E-state index in [4.69, 9.17) is 14.6 Å². The zero-order valence-electron chi connectivity index (χ0n) is 20.6. The summed E-state index contributed by atoms with van der Waals surface area (Å²) in [6.07, 6.45) is 13.2. The molecule has 36 heavy (non-hydrogen) atoms. The molecule has 0 amide bonds. The maximum Gasteiger partial charge on any atom is 0.371 e. The fourth-order valence-corrected chi connectivity index (χ4v) is 4.86. The second-order valence-electron chi connectivity index (χ2n) is 9.44. The highest BCUT2D eigenvalue weighted by Crippen LogP contribution is 2.33. The molecule has 1 saturated heterocycles. The number of aromatic carboxylic acids is 1. The van der Waals surface area contributed by atoms with Crippen LogP contribution in [0.4, 0.5) is 0 Å². The number of nitrogens with zero attached hydrogens (tertiary/aromatic N) is 1. The van der Waals surface area contributed by atoms with Crippen LogP contribution >= 0.6 is 0 Å². The first-order chi connectivity index (χ1) is 17.6. The number of carboxylic acid groups (broad SMARTS) is 1. The number of carboxylic acids is 1. The molecule has 1 saturated carbocycles. The minimum Gasteiger partial charge on any atom is -0.492 e. The van der Waals surface area contributed by atoms with Crippen LogP contribution in [0.1, 0.15) is 72.5 Å². The lowest BCUT2D eigenvalue weighted by Crippen LogP contribution is -2.23. The Morgan fingerprint density at radius 1 is 1.03 bits per heavy atom. The smallest absolute Gasteiger partial charge is 0.371 e. The topological polar surface area (TPSA) is 90.9 Å². The molecule has 1 aromatic carbocycles. The van der Waals surface area contributed by atoms with Crippen molar-refractivity contribution in [1.29, 1.82) is 0 Å². The molecule has 3 aromatic rings. The van der Waals surface area contributed by atoms with E-state index in [1.807, 2.05) is 12.3 Å². The van der Waals surface area contributed by atoms with Gasteiger partial charge in [-0.1, -0.05) is 31.4 Å². The molecule has 7 heteroatoms. The van der Waals surface area contributed by atoms with Gasteiger partial charge in [-0.15, -0.1) is 0 Å². The summed E-state index contributed by atoms with van der Waals surface area (Å²) in [7, 11) is 0. The third-order valence-corrected chi connectivity index (χ3v) is 6.84. The van der Waals surface area contributed by atoms with Gasteiger partial charge >= 0.3 is 5.97 Å². The fourth-order valence-electron chi connectivity index (χ4n) is 4.86. The Labute approximate surface area is 211 Å². The van der Waals surface area contributed by atoms with Gasteiger partial charge in [-0.25, -0.2) is 4.79 Å². The van der Waals surface area contributed by atoms with Gasteiger partial charge in [-0.2, -0.15) is 0 Å². The van der Waals surface area contributed by atoms with Crippen molar-refractivity contribution in [3.05, 3.63) is 88.2 Å². The van der Waals surface area contributed by atoms with Gasteiger partial charge in [0.15, 0.2) is 0 Å². The summed E-state index contributed by atoms with van der Waals surface area (Å²) < 4.78 is 17.7. The van der Waals surface area contributed by atoms with Gasteiger partial charge in [0.25, 0.3) is 5.56 Å². The van der Waals surface area contributed by atoms with Crippen LogP contribution in [-0.4, -0.2) is 35.0 Å². The van der Waals surface area contributed by atoms with Crippen LogP contribution in [0.2, 0.25) is 0 Å². The predicted octanol–water partition coefficient (Wildman–Crippen LogP) is 5.67. The molecule has 5 rings (SSSR count). The van der Waals surface area contributed by atoms with Gasteiger partial charge in [-0.05, 0) is 79.5 Å². The van der Waals surface area contributed by atoms with Crippen molar-refractivity contribution in [2.75, 3.05) is 13.2 Å². The van der Waals surface area contributed by atoms with E-state index in [0.29, 0.717) is 13.2 Å². The van der Waals surface area contributed by atoms with Gasteiger partial charge in [0.1, 0.15) is 12.4 Å². The van der Waals surface area contributed by atoms with Crippen molar-refractivity contribution in [2.24, 2.45) is 0 Å². The molecule has 7 nitrogen and oxygen atoms in total. The van der Waals surface area contributed by atoms with Gasteiger partial charge in [0.05, 0.1) is 18.9 Å². The van der Waals surface area contributed by atoms with Crippen molar-refractivity contribution in [2.45, 2.75) is 69.9 Å². The first kappa shape index (κ1) is 25.8. The monoisotopic (exact) mass is 493 g/mol. The number of rotatable bonds is 8. The van der Waals surface area contributed by atoms with E-state index >= 15 is 0 Å². The van der Waals surface area contributed by atoms with E-state index in [9.17, 15) is 9.59 Å². The molecule has 1 aliphatic heterocycles. The average Bonchev–Trinajstić information content (AvgIpc) is 3.62. The quantitative estimate of drug-likeness (QED) is 0.435. The maximum atomic E-state index is 12.3. The second kappa shape index (κ2) is 13.1. The van der Waals surface area contributed by atoms with Crippen LogP contribution in [0.3, 0.4) is 0 Å². The van der Waals surface area contributed by atoms with Gasteiger partial charge in [-0.3, -0.25) is 4.79 Å². The van der Waals surface area contributed by atoms with Crippen LogP contribution < -0.4 is 10.3 Å². The van der Waals surface area contributed by atoms with Crippen molar-refractivity contribution >= 4 is 5.97 Å². The molecule has 2 fully saturated rings. The number of benzene rings is 1. The van der Waals surface area contributed by atoms with E-state index in [1.165, 1.54) is 56.1 Å². The maximum absolute atomic E-state index is 12.3. The minimum absolute atomic E-state index is 0.0231. The Hall–Kier alpha value is -3.32. The van der Waals surface area contributed by atoms with Crippen molar-refractivity contribution in [3.63, 3.8) is 0 Å². The summed E-state index contributed by atoms with van der Waals surface area (Å²) >= 11 is 0. The molecule has 0 spiro atoms. The third-order valence-electron chi connectivity index (χ3n) is 6.84. The Morgan fingerprint density at radius 3 is 2.44 bits per heavy atom. The molecular weight excluding hydrogens is 458 g/mol. The number of furan rings is 1. The second-order valence-corrected chi connectivity index (χ2v) is 9.44. The summed E-state index contributed by atoms with van der Waals surface area (Å²) in [5.41, 5.74) is 2.53. The first-order valence-electron chi connectivity index (χ1n) is 12.9. The lowest BCUT2D eigenvalue weighted by Gasteiger charge is -2.22. The fraction of sp³-hybridized carbons (Fsp3) is 0.448. The lowest BCUT2D eigenvalue weighted by molar-refractivity contribution is 0.0662. The molecule has 1 aliphatic carbocycles. The molecule has 0 radical (unpaired) electrons. The summed E-state index contributed by atoms with van der Waals surface area (Å²) in [5.74, 6) is 0.539. The van der Waals surface area contributed by atoms with Crippen molar-refractivity contribution in [1.82, 2.24) is 4.57 Å². The summed E-state index contributed by atoms with van der Waals surface area (Å²) in [6, 6.07) is 15.2. The highest BCUT2D eigenvalue weighted by Gasteiger charge is 2.17. The van der Waals surface area contributed by atoms with Crippen molar-refractivity contribution < 1.29 is 23.8 Å². The van der Waals surface area contributed by atoms with Gasteiger partial charge in [0.2, 0.25) is 5.76 Å². The average molecular weight is 494 g/mol. The SMILES string of the molecule is O=C(O)c1ccco1.O=c1cc(CC2CCCO2)ccn1CCOc1ccc(C2CCCCC2)cc1. The van der Waals surface area contributed by atoms with Gasteiger partial charge < -0.3 is 23.6 Å². The van der Waals surface area contributed by atoms with Crippen LogP contribution in [0.5, 0.6) is 5.75 Å². The molecular formula is C29H35NO6. The van der Waals surface area contributed by atoms with E-state index in [0.717, 1.165) is 43.1 Å². The molecule has 1 N–H and O–H groups in total. The summed E-state index contributed by atoms with van der Waals surface area (Å²) in [6.45, 7) is 1.90. The van der Waals surface area contributed by atoms with Gasteiger partial charge in [0, 0.05) is 18.9 Å². The van der Waals surface area contributed by atoms with E-state index in [-0.39, 0.29) is 17.4 Å². The Bertz CT molecular complexity index is 1120. The van der Waals surface area contributed by atoms with Crippen molar-refractivity contribution in [3.8, 4) is 5.75 Å². The van der Waals surface area contributed by atoms with E-state index < -0.39 is 5.97 Å². The number of ether oxygens (including phenoxy) is 2. The number of aromatic nitrogens is 1.